The first-order valence-corrected chi connectivity index (χ1v) is 8.13. The summed E-state index contributed by atoms with van der Waals surface area (Å²) >= 11 is 12.1. The second-order valence-corrected chi connectivity index (χ2v) is 6.60. The summed E-state index contributed by atoms with van der Waals surface area (Å²) in [4.78, 5) is 12.6. The van der Waals surface area contributed by atoms with Crippen molar-refractivity contribution in [3.8, 4) is 5.75 Å². The Morgan fingerprint density at radius 2 is 2.10 bits per heavy atom. The molecule has 0 spiro atoms. The van der Waals surface area contributed by atoms with Gasteiger partial charge in [0.2, 0.25) is 0 Å². The molecule has 3 nitrogen and oxygen atoms in total. The number of methoxy groups -OCH3 is 1. The SMILES string of the molecule is COc1ccc(Cl)cc1C(=O)NC1(CCl)CCC(C)CC1. The van der Waals surface area contributed by atoms with E-state index < -0.39 is 0 Å². The molecule has 116 valence electrons. The Morgan fingerprint density at radius 3 is 2.67 bits per heavy atom. The van der Waals surface area contributed by atoms with Gasteiger partial charge in [-0.05, 0) is 49.8 Å². The smallest absolute Gasteiger partial charge is 0.255 e. The maximum Gasteiger partial charge on any atom is 0.255 e. The molecular formula is C16H21Cl2NO2. The Labute approximate surface area is 136 Å². The molecule has 1 aliphatic carbocycles. The number of alkyl halides is 1. The third-order valence-electron chi connectivity index (χ3n) is 4.27. The van der Waals surface area contributed by atoms with Gasteiger partial charge in [0.05, 0.1) is 18.2 Å². The Hall–Kier alpha value is -0.930. The van der Waals surface area contributed by atoms with Crippen LogP contribution >= 0.6 is 23.2 Å². The van der Waals surface area contributed by atoms with Crippen molar-refractivity contribution in [3.05, 3.63) is 28.8 Å². The van der Waals surface area contributed by atoms with E-state index in [4.69, 9.17) is 27.9 Å². The summed E-state index contributed by atoms with van der Waals surface area (Å²) in [6.45, 7) is 2.24. The quantitative estimate of drug-likeness (QED) is 0.838. The minimum atomic E-state index is -0.321. The van der Waals surface area contributed by atoms with Gasteiger partial charge in [0, 0.05) is 10.9 Å². The summed E-state index contributed by atoms with van der Waals surface area (Å²) in [6, 6.07) is 5.04. The van der Waals surface area contributed by atoms with Crippen LogP contribution in [0.4, 0.5) is 0 Å². The summed E-state index contributed by atoms with van der Waals surface area (Å²) in [6.07, 6.45) is 3.98. The summed E-state index contributed by atoms with van der Waals surface area (Å²) in [7, 11) is 1.54. The van der Waals surface area contributed by atoms with Crippen molar-refractivity contribution >= 4 is 29.1 Å². The third-order valence-corrected chi connectivity index (χ3v) is 5.02. The van der Waals surface area contributed by atoms with E-state index in [1.807, 2.05) is 0 Å². The Balaban J connectivity index is 2.18. The van der Waals surface area contributed by atoms with E-state index >= 15 is 0 Å². The standard InChI is InChI=1S/C16H21Cl2NO2/c1-11-5-7-16(10-17,8-6-11)19-15(20)13-9-12(18)3-4-14(13)21-2/h3-4,9,11H,5-8,10H2,1-2H3,(H,19,20). The van der Waals surface area contributed by atoms with Crippen LogP contribution < -0.4 is 10.1 Å². The molecule has 0 radical (unpaired) electrons. The van der Waals surface area contributed by atoms with E-state index in [2.05, 4.69) is 12.2 Å². The number of carbonyl (C=O) groups is 1. The van der Waals surface area contributed by atoms with E-state index in [9.17, 15) is 4.79 Å². The first kappa shape index (κ1) is 16.4. The van der Waals surface area contributed by atoms with Crippen molar-refractivity contribution < 1.29 is 9.53 Å². The van der Waals surface area contributed by atoms with Crippen molar-refractivity contribution in [2.75, 3.05) is 13.0 Å². The predicted molar refractivity (Wildman–Crippen MR) is 86.6 cm³/mol. The molecule has 1 fully saturated rings. The van der Waals surface area contributed by atoms with Gasteiger partial charge in [0.15, 0.2) is 0 Å². The normalized spacial score (nSPS) is 25.4. The zero-order chi connectivity index (χ0) is 15.5. The minimum Gasteiger partial charge on any atom is -0.496 e. The van der Waals surface area contributed by atoms with Gasteiger partial charge in [0.1, 0.15) is 5.75 Å². The van der Waals surface area contributed by atoms with Gasteiger partial charge in [-0.25, -0.2) is 0 Å². The predicted octanol–water partition coefficient (Wildman–Crippen LogP) is 4.27. The maximum atomic E-state index is 12.6. The second kappa shape index (κ2) is 6.89. The maximum absolute atomic E-state index is 12.6. The van der Waals surface area contributed by atoms with Crippen LogP contribution in [0.3, 0.4) is 0 Å². The average Bonchev–Trinajstić information content (AvgIpc) is 2.49. The van der Waals surface area contributed by atoms with Crippen LogP contribution in [0.15, 0.2) is 18.2 Å². The second-order valence-electron chi connectivity index (χ2n) is 5.90. The largest absolute Gasteiger partial charge is 0.496 e. The molecule has 1 aromatic rings. The number of ether oxygens (including phenoxy) is 1. The van der Waals surface area contributed by atoms with Crippen molar-refractivity contribution in [1.82, 2.24) is 5.32 Å². The molecule has 2 rings (SSSR count). The third kappa shape index (κ3) is 3.83. The van der Waals surface area contributed by atoms with Crippen molar-refractivity contribution in [2.24, 2.45) is 5.92 Å². The summed E-state index contributed by atoms with van der Waals surface area (Å²) in [5, 5.41) is 3.62. The zero-order valence-electron chi connectivity index (χ0n) is 12.4. The fraction of sp³-hybridized carbons (Fsp3) is 0.562. The highest BCUT2D eigenvalue weighted by Crippen LogP contribution is 2.33. The highest BCUT2D eigenvalue weighted by Gasteiger charge is 2.35. The number of benzene rings is 1. The van der Waals surface area contributed by atoms with Crippen molar-refractivity contribution in [2.45, 2.75) is 38.1 Å². The molecule has 1 saturated carbocycles. The molecule has 1 N–H and O–H groups in total. The minimum absolute atomic E-state index is 0.176. The number of halogens is 2. The number of rotatable bonds is 4. The lowest BCUT2D eigenvalue weighted by Crippen LogP contribution is -2.52. The van der Waals surface area contributed by atoms with Crippen LogP contribution in [0.1, 0.15) is 43.0 Å². The number of hydrogen-bond donors (Lipinski definition) is 1. The van der Waals surface area contributed by atoms with Gasteiger partial charge in [-0.3, -0.25) is 4.79 Å². The average molecular weight is 330 g/mol. The van der Waals surface area contributed by atoms with Crippen molar-refractivity contribution in [1.29, 1.82) is 0 Å². The Kier molecular flexibility index (Phi) is 5.39. The fourth-order valence-electron chi connectivity index (χ4n) is 2.77. The molecular weight excluding hydrogens is 309 g/mol. The summed E-state index contributed by atoms with van der Waals surface area (Å²) < 4.78 is 5.24. The van der Waals surface area contributed by atoms with Crippen LogP contribution in [-0.4, -0.2) is 24.4 Å². The lowest BCUT2D eigenvalue weighted by Gasteiger charge is -2.38. The molecule has 1 amide bonds. The van der Waals surface area contributed by atoms with Crippen LogP contribution in [0, 0.1) is 5.92 Å². The Morgan fingerprint density at radius 1 is 1.43 bits per heavy atom. The number of amides is 1. The van der Waals surface area contributed by atoms with Gasteiger partial charge in [-0.2, -0.15) is 0 Å². The van der Waals surface area contributed by atoms with Crippen LogP contribution in [0.2, 0.25) is 5.02 Å². The highest BCUT2D eigenvalue weighted by molar-refractivity contribution is 6.31. The molecule has 0 saturated heterocycles. The molecule has 1 aromatic carbocycles. The van der Waals surface area contributed by atoms with E-state index in [0.29, 0.717) is 28.1 Å². The van der Waals surface area contributed by atoms with E-state index in [-0.39, 0.29) is 11.4 Å². The first-order chi connectivity index (χ1) is 9.99. The molecule has 0 aromatic heterocycles. The van der Waals surface area contributed by atoms with Gasteiger partial charge >= 0.3 is 0 Å². The highest BCUT2D eigenvalue weighted by atomic mass is 35.5. The van der Waals surface area contributed by atoms with Gasteiger partial charge in [0.25, 0.3) is 5.91 Å². The van der Waals surface area contributed by atoms with E-state index in [0.717, 1.165) is 25.7 Å². The first-order valence-electron chi connectivity index (χ1n) is 7.22. The van der Waals surface area contributed by atoms with Crippen LogP contribution in [0.5, 0.6) is 5.75 Å². The lowest BCUT2D eigenvalue weighted by molar-refractivity contribution is 0.0869. The Bertz CT molecular complexity index is 511. The zero-order valence-corrected chi connectivity index (χ0v) is 13.9. The molecule has 21 heavy (non-hydrogen) atoms. The van der Waals surface area contributed by atoms with Gasteiger partial charge < -0.3 is 10.1 Å². The fourth-order valence-corrected chi connectivity index (χ4v) is 3.28. The molecule has 1 aliphatic rings. The van der Waals surface area contributed by atoms with E-state index in [1.165, 1.54) is 0 Å². The number of hydrogen-bond acceptors (Lipinski definition) is 2. The van der Waals surface area contributed by atoms with E-state index in [1.54, 1.807) is 25.3 Å². The van der Waals surface area contributed by atoms with Crippen molar-refractivity contribution in [3.63, 3.8) is 0 Å². The van der Waals surface area contributed by atoms with Gasteiger partial charge in [-0.15, -0.1) is 11.6 Å². The molecule has 0 bridgehead atoms. The molecule has 0 unspecified atom stereocenters. The molecule has 0 aliphatic heterocycles. The monoisotopic (exact) mass is 329 g/mol. The summed E-state index contributed by atoms with van der Waals surface area (Å²) in [5.74, 6) is 1.46. The number of nitrogens with one attached hydrogen (secondary N) is 1. The molecule has 0 atom stereocenters. The van der Waals surface area contributed by atoms with Crippen LogP contribution in [-0.2, 0) is 0 Å². The van der Waals surface area contributed by atoms with Gasteiger partial charge in [-0.1, -0.05) is 18.5 Å². The summed E-state index contributed by atoms with van der Waals surface area (Å²) in [5.41, 5.74) is 0.131. The topological polar surface area (TPSA) is 38.3 Å². The molecule has 0 heterocycles. The molecule has 5 heteroatoms. The van der Waals surface area contributed by atoms with Crippen LogP contribution in [0.25, 0.3) is 0 Å². The number of carbonyl (C=O) groups excluding carboxylic acids is 1. The lowest BCUT2D eigenvalue weighted by atomic mass is 9.78.